The van der Waals surface area contributed by atoms with Crippen LogP contribution in [-0.4, -0.2) is 21.3 Å². The summed E-state index contributed by atoms with van der Waals surface area (Å²) in [6.07, 6.45) is 7.77. The second-order valence-electron chi connectivity index (χ2n) is 6.58. The van der Waals surface area contributed by atoms with E-state index in [9.17, 15) is 0 Å². The second kappa shape index (κ2) is 7.75. The van der Waals surface area contributed by atoms with Gasteiger partial charge in [-0.25, -0.2) is 0 Å². The van der Waals surface area contributed by atoms with Crippen molar-refractivity contribution in [1.82, 2.24) is 0 Å². The molecule has 3 heteroatoms. The monoisotopic (exact) mass is 306 g/mol. The maximum absolute atomic E-state index is 5.72. The molecule has 0 saturated heterocycles. The summed E-state index contributed by atoms with van der Waals surface area (Å²) in [7, 11) is 5.18. The summed E-state index contributed by atoms with van der Waals surface area (Å²) in [5, 5.41) is 0. The van der Waals surface area contributed by atoms with E-state index in [0.29, 0.717) is 5.92 Å². The van der Waals surface area contributed by atoms with Crippen LogP contribution >= 0.6 is 0 Å². The number of methoxy groups -OCH3 is 3. The van der Waals surface area contributed by atoms with Crippen LogP contribution in [0.3, 0.4) is 0 Å². The van der Waals surface area contributed by atoms with Crippen LogP contribution in [0, 0.1) is 5.92 Å². The molecule has 0 radical (unpaired) electrons. The van der Waals surface area contributed by atoms with E-state index in [1.165, 1.54) is 37.7 Å². The third-order valence-corrected chi connectivity index (χ3v) is 4.75. The number of rotatable bonds is 6. The summed E-state index contributed by atoms with van der Waals surface area (Å²) in [6, 6.07) is 2.16. The molecule has 0 spiro atoms. The first-order valence-corrected chi connectivity index (χ1v) is 8.44. The van der Waals surface area contributed by atoms with Gasteiger partial charge in [0.05, 0.1) is 21.3 Å². The molecule has 1 aliphatic rings. The van der Waals surface area contributed by atoms with E-state index < -0.39 is 0 Å². The Balaban J connectivity index is 2.43. The molecule has 124 valence electrons. The predicted molar refractivity (Wildman–Crippen MR) is 90.5 cm³/mol. The lowest BCUT2D eigenvalue weighted by Gasteiger charge is -2.25. The van der Waals surface area contributed by atoms with Crippen molar-refractivity contribution in [3.05, 3.63) is 17.2 Å². The number of ether oxygens (including phenoxy) is 3. The fraction of sp³-hybridized carbons (Fsp3) is 0.684. The van der Waals surface area contributed by atoms with Gasteiger partial charge in [0.1, 0.15) is 5.75 Å². The first-order valence-electron chi connectivity index (χ1n) is 8.44. The Morgan fingerprint density at radius 1 is 0.955 bits per heavy atom. The van der Waals surface area contributed by atoms with E-state index in [4.69, 9.17) is 14.2 Å². The normalized spacial score (nSPS) is 15.9. The molecule has 1 aromatic rings. The minimum atomic E-state index is 0.322. The van der Waals surface area contributed by atoms with Crippen LogP contribution in [0.4, 0.5) is 0 Å². The zero-order valence-corrected chi connectivity index (χ0v) is 14.7. The van der Waals surface area contributed by atoms with Gasteiger partial charge >= 0.3 is 0 Å². The summed E-state index contributed by atoms with van der Waals surface area (Å²) in [5.41, 5.74) is 2.31. The number of benzene rings is 1. The highest BCUT2D eigenvalue weighted by molar-refractivity contribution is 5.59. The molecule has 0 aliphatic heterocycles. The molecule has 3 nitrogen and oxygen atoms in total. The molecule has 22 heavy (non-hydrogen) atoms. The molecule has 0 aromatic heterocycles. The molecule has 0 N–H and O–H groups in total. The minimum absolute atomic E-state index is 0.322. The Hall–Kier alpha value is -1.38. The van der Waals surface area contributed by atoms with Gasteiger partial charge in [-0.15, -0.1) is 0 Å². The van der Waals surface area contributed by atoms with Crippen LogP contribution in [-0.2, 0) is 6.42 Å². The first-order chi connectivity index (χ1) is 10.6. The molecule has 0 bridgehead atoms. The van der Waals surface area contributed by atoms with Gasteiger partial charge in [0.15, 0.2) is 11.5 Å². The highest BCUT2D eigenvalue weighted by Gasteiger charge is 2.24. The Labute approximate surface area is 135 Å². The van der Waals surface area contributed by atoms with Crippen molar-refractivity contribution in [2.75, 3.05) is 21.3 Å². The van der Waals surface area contributed by atoms with Gasteiger partial charge in [-0.2, -0.15) is 0 Å². The molecular weight excluding hydrogens is 276 g/mol. The van der Waals surface area contributed by atoms with Gasteiger partial charge in [0, 0.05) is 11.1 Å². The van der Waals surface area contributed by atoms with Gasteiger partial charge in [-0.1, -0.05) is 46.0 Å². The molecule has 0 unspecified atom stereocenters. The van der Waals surface area contributed by atoms with Crippen LogP contribution in [0.5, 0.6) is 17.2 Å². The molecule has 0 atom stereocenters. The topological polar surface area (TPSA) is 27.7 Å². The van der Waals surface area contributed by atoms with Crippen molar-refractivity contribution in [1.29, 1.82) is 0 Å². The lowest BCUT2D eigenvalue weighted by atomic mass is 9.84. The zero-order valence-electron chi connectivity index (χ0n) is 14.7. The maximum Gasteiger partial charge on any atom is 0.168 e. The summed E-state index contributed by atoms with van der Waals surface area (Å²) in [4.78, 5) is 0. The molecule has 1 saturated carbocycles. The average Bonchev–Trinajstić information content (AvgIpc) is 2.54. The molecule has 1 aliphatic carbocycles. The third kappa shape index (κ3) is 3.50. The van der Waals surface area contributed by atoms with E-state index in [1.54, 1.807) is 21.3 Å². The fourth-order valence-corrected chi connectivity index (χ4v) is 3.68. The summed E-state index contributed by atoms with van der Waals surface area (Å²) in [5.74, 6) is 3.71. The van der Waals surface area contributed by atoms with E-state index in [-0.39, 0.29) is 0 Å². The average molecular weight is 306 g/mol. The summed E-state index contributed by atoms with van der Waals surface area (Å²) < 4.78 is 17.1. The molecular formula is C19H30O3. The summed E-state index contributed by atoms with van der Waals surface area (Å²) in [6.45, 7) is 4.31. The fourth-order valence-electron chi connectivity index (χ4n) is 3.68. The molecule has 1 fully saturated rings. The Bertz CT molecular complexity index is 488. The second-order valence-corrected chi connectivity index (χ2v) is 6.58. The lowest BCUT2D eigenvalue weighted by molar-refractivity contribution is 0.325. The number of hydrogen-bond acceptors (Lipinski definition) is 3. The van der Waals surface area contributed by atoms with Crippen molar-refractivity contribution >= 4 is 0 Å². The van der Waals surface area contributed by atoms with E-state index >= 15 is 0 Å². The quantitative estimate of drug-likeness (QED) is 0.743. The van der Waals surface area contributed by atoms with Crippen LogP contribution < -0.4 is 14.2 Å². The van der Waals surface area contributed by atoms with Crippen LogP contribution in [0.2, 0.25) is 0 Å². The zero-order chi connectivity index (χ0) is 16.1. The van der Waals surface area contributed by atoms with E-state index in [0.717, 1.165) is 35.2 Å². The van der Waals surface area contributed by atoms with Crippen LogP contribution in [0.1, 0.15) is 63.0 Å². The predicted octanol–water partition coefficient (Wildman–Crippen LogP) is 4.96. The molecule has 2 rings (SSSR count). The van der Waals surface area contributed by atoms with Gasteiger partial charge in [0.2, 0.25) is 0 Å². The highest BCUT2D eigenvalue weighted by Crippen LogP contribution is 2.45. The van der Waals surface area contributed by atoms with Crippen molar-refractivity contribution < 1.29 is 14.2 Å². The van der Waals surface area contributed by atoms with Gasteiger partial charge in [-0.05, 0) is 24.3 Å². The van der Waals surface area contributed by atoms with Crippen LogP contribution in [0.25, 0.3) is 0 Å². The lowest BCUT2D eigenvalue weighted by Crippen LogP contribution is -2.11. The standard InChI is InChI=1S/C19H30O3/c1-13(2)17-16(20-3)12-15(18(21-4)19(17)22-5)11-14-9-7-6-8-10-14/h12-14H,6-11H2,1-5H3. The third-order valence-electron chi connectivity index (χ3n) is 4.75. The smallest absolute Gasteiger partial charge is 0.168 e. The SMILES string of the molecule is COc1cc(CC2CCCCC2)c(OC)c(OC)c1C(C)C. The van der Waals surface area contributed by atoms with Gasteiger partial charge < -0.3 is 14.2 Å². The largest absolute Gasteiger partial charge is 0.496 e. The highest BCUT2D eigenvalue weighted by atomic mass is 16.5. The Kier molecular flexibility index (Phi) is 5.98. The Morgan fingerprint density at radius 3 is 2.09 bits per heavy atom. The first kappa shape index (κ1) is 17.0. The number of hydrogen-bond donors (Lipinski definition) is 0. The van der Waals surface area contributed by atoms with E-state index in [1.807, 2.05) is 0 Å². The molecule has 1 aromatic carbocycles. The van der Waals surface area contributed by atoms with E-state index in [2.05, 4.69) is 19.9 Å². The van der Waals surface area contributed by atoms with Crippen molar-refractivity contribution in [3.63, 3.8) is 0 Å². The van der Waals surface area contributed by atoms with Gasteiger partial charge in [0.25, 0.3) is 0 Å². The Morgan fingerprint density at radius 2 is 1.59 bits per heavy atom. The van der Waals surface area contributed by atoms with Crippen LogP contribution in [0.15, 0.2) is 6.07 Å². The van der Waals surface area contributed by atoms with Crippen molar-refractivity contribution in [2.45, 2.75) is 58.3 Å². The van der Waals surface area contributed by atoms with Crippen molar-refractivity contribution in [2.24, 2.45) is 5.92 Å². The minimum Gasteiger partial charge on any atom is -0.496 e. The van der Waals surface area contributed by atoms with Crippen molar-refractivity contribution in [3.8, 4) is 17.2 Å². The summed E-state index contributed by atoms with van der Waals surface area (Å²) >= 11 is 0. The van der Waals surface area contributed by atoms with Gasteiger partial charge in [-0.3, -0.25) is 0 Å². The molecule has 0 amide bonds. The molecule has 0 heterocycles. The maximum atomic E-state index is 5.72.